The van der Waals surface area contributed by atoms with Gasteiger partial charge in [-0.05, 0) is 57.0 Å². The van der Waals surface area contributed by atoms with E-state index in [2.05, 4.69) is 39.3 Å². The molecule has 0 amide bonds. The van der Waals surface area contributed by atoms with Gasteiger partial charge in [-0.1, -0.05) is 6.07 Å². The summed E-state index contributed by atoms with van der Waals surface area (Å²) in [6.45, 7) is 13.7. The van der Waals surface area contributed by atoms with Crippen molar-refractivity contribution in [2.75, 3.05) is 7.11 Å². The lowest BCUT2D eigenvalue weighted by molar-refractivity contribution is 0.298. The molecule has 0 saturated carbocycles. The molecule has 0 aliphatic carbocycles. The molecule has 0 atom stereocenters. The predicted molar refractivity (Wildman–Crippen MR) is 85.1 cm³/mol. The lowest BCUT2D eigenvalue weighted by atomic mass is 10.2. The van der Waals surface area contributed by atoms with Gasteiger partial charge in [-0.25, -0.2) is 0 Å². The van der Waals surface area contributed by atoms with Crippen LogP contribution in [0.25, 0.3) is 0 Å². The highest BCUT2D eigenvalue weighted by molar-refractivity contribution is 6.70. The van der Waals surface area contributed by atoms with Gasteiger partial charge in [0.1, 0.15) is 5.75 Å². The van der Waals surface area contributed by atoms with Crippen molar-refractivity contribution in [2.24, 2.45) is 0 Å². The summed E-state index contributed by atoms with van der Waals surface area (Å²) >= 11 is 0. The van der Waals surface area contributed by atoms with Gasteiger partial charge in [0.15, 0.2) is 14.1 Å². The Morgan fingerprint density at radius 2 is 1.53 bits per heavy atom. The minimum atomic E-state index is -1.64. The summed E-state index contributed by atoms with van der Waals surface area (Å²) in [6.07, 6.45) is 0. The topological polar surface area (TPSA) is 27.7 Å². The third-order valence-corrected chi connectivity index (χ3v) is 4.16. The minimum absolute atomic E-state index is 0.641. The van der Waals surface area contributed by atoms with Gasteiger partial charge in [0, 0.05) is 0 Å². The molecule has 1 aromatic carbocycles. The molecule has 0 aromatic heterocycles. The second-order valence-corrected chi connectivity index (χ2v) is 15.5. The van der Waals surface area contributed by atoms with Gasteiger partial charge in [-0.15, -0.1) is 0 Å². The maximum absolute atomic E-state index is 6.07. The van der Waals surface area contributed by atoms with Crippen molar-refractivity contribution >= 4 is 16.6 Å². The molecule has 0 N–H and O–H groups in total. The Hall–Kier alpha value is -0.786. The normalized spacial score (nSPS) is 12.4. The van der Waals surface area contributed by atoms with Gasteiger partial charge in [-0.2, -0.15) is 0 Å². The Bertz CT molecular complexity index is 420. The number of hydrogen-bond acceptors (Lipinski definition) is 3. The highest BCUT2D eigenvalue weighted by atomic mass is 28.4. The van der Waals surface area contributed by atoms with E-state index in [0.717, 1.165) is 17.1 Å². The third-order valence-electron chi connectivity index (χ3n) is 2.32. The monoisotopic (exact) mass is 298 g/mol. The molecule has 108 valence electrons. The van der Waals surface area contributed by atoms with Crippen molar-refractivity contribution in [3.8, 4) is 11.5 Å². The Kier molecular flexibility index (Phi) is 5.23. The first-order valence-electron chi connectivity index (χ1n) is 6.61. The molecule has 0 spiro atoms. The van der Waals surface area contributed by atoms with Crippen LogP contribution in [0.15, 0.2) is 18.2 Å². The molecule has 1 aromatic rings. The molecular weight excluding hydrogens is 272 g/mol. The van der Waals surface area contributed by atoms with E-state index in [1.54, 1.807) is 7.11 Å². The summed E-state index contributed by atoms with van der Waals surface area (Å²) in [7, 11) is -1.46. The van der Waals surface area contributed by atoms with Crippen LogP contribution in [0, 0.1) is 0 Å². The summed E-state index contributed by atoms with van der Waals surface area (Å²) in [5.74, 6) is 1.62. The number of hydrogen-bond donors (Lipinski definition) is 0. The Morgan fingerprint density at radius 1 is 0.895 bits per heavy atom. The van der Waals surface area contributed by atoms with Crippen molar-refractivity contribution in [1.82, 2.24) is 0 Å². The first-order valence-corrected chi connectivity index (χ1v) is 13.4. The first-order chi connectivity index (χ1) is 8.61. The number of rotatable bonds is 6. The van der Waals surface area contributed by atoms with Crippen LogP contribution in [-0.4, -0.2) is 23.7 Å². The van der Waals surface area contributed by atoms with Crippen LogP contribution in [0.2, 0.25) is 39.3 Å². The van der Waals surface area contributed by atoms with E-state index in [1.165, 1.54) is 0 Å². The summed E-state index contributed by atoms with van der Waals surface area (Å²) in [4.78, 5) is 0. The molecule has 0 unspecified atom stereocenters. The smallest absolute Gasteiger partial charge is 0.242 e. The van der Waals surface area contributed by atoms with Gasteiger partial charge >= 0.3 is 0 Å². The molecule has 0 aliphatic rings. The summed E-state index contributed by atoms with van der Waals surface area (Å²) in [5.41, 5.74) is 1.14. The minimum Gasteiger partial charge on any atom is -0.542 e. The highest BCUT2D eigenvalue weighted by Crippen LogP contribution is 2.30. The van der Waals surface area contributed by atoms with Crippen molar-refractivity contribution in [3.05, 3.63) is 23.8 Å². The molecule has 0 radical (unpaired) electrons. The Balaban J connectivity index is 2.89. The van der Waals surface area contributed by atoms with Crippen LogP contribution in [0.1, 0.15) is 5.56 Å². The first kappa shape index (κ1) is 16.3. The molecule has 5 heteroatoms. The molecule has 0 saturated heterocycles. The van der Waals surface area contributed by atoms with E-state index >= 15 is 0 Å². The lowest BCUT2D eigenvalue weighted by Gasteiger charge is -2.22. The number of methoxy groups -OCH3 is 1. The van der Waals surface area contributed by atoms with Crippen LogP contribution in [-0.2, 0) is 11.0 Å². The third kappa shape index (κ3) is 6.27. The van der Waals surface area contributed by atoms with E-state index < -0.39 is 16.6 Å². The summed E-state index contributed by atoms with van der Waals surface area (Å²) < 4.78 is 17.4. The fraction of sp³-hybridized carbons (Fsp3) is 0.571. The van der Waals surface area contributed by atoms with Gasteiger partial charge in [0.05, 0.1) is 13.7 Å². The zero-order valence-corrected chi connectivity index (χ0v) is 15.2. The predicted octanol–water partition coefficient (Wildman–Crippen LogP) is 4.26. The Morgan fingerprint density at radius 3 is 2.00 bits per heavy atom. The molecule has 0 aliphatic heterocycles. The SMILES string of the molecule is COc1ccc(CO[Si](C)(C)C)cc1O[Si](C)(C)C. The van der Waals surface area contributed by atoms with Crippen molar-refractivity contribution in [1.29, 1.82) is 0 Å². The quantitative estimate of drug-likeness (QED) is 0.734. The van der Waals surface area contributed by atoms with Crippen molar-refractivity contribution in [3.63, 3.8) is 0 Å². The van der Waals surface area contributed by atoms with Crippen molar-refractivity contribution < 1.29 is 13.6 Å². The van der Waals surface area contributed by atoms with Crippen LogP contribution in [0.5, 0.6) is 11.5 Å². The van der Waals surface area contributed by atoms with E-state index in [9.17, 15) is 0 Å². The van der Waals surface area contributed by atoms with Gasteiger partial charge in [-0.3, -0.25) is 0 Å². The van der Waals surface area contributed by atoms with Crippen LogP contribution >= 0.6 is 0 Å². The largest absolute Gasteiger partial charge is 0.542 e. The molecule has 19 heavy (non-hydrogen) atoms. The summed E-state index contributed by atoms with van der Waals surface area (Å²) in [5, 5.41) is 0. The van der Waals surface area contributed by atoms with Crippen LogP contribution < -0.4 is 9.16 Å². The fourth-order valence-corrected chi connectivity index (χ4v) is 2.94. The molecule has 1 rings (SSSR count). The maximum atomic E-state index is 6.07. The average molecular weight is 299 g/mol. The van der Waals surface area contributed by atoms with E-state index in [-0.39, 0.29) is 0 Å². The highest BCUT2D eigenvalue weighted by Gasteiger charge is 2.20. The second kappa shape index (κ2) is 6.11. The fourth-order valence-electron chi connectivity index (χ4n) is 1.52. The zero-order chi connectivity index (χ0) is 14.7. The standard InChI is InChI=1S/C14H26O3Si2/c1-15-13-9-8-12(11-16-18(2,3)4)10-14(13)17-19(5,6)7/h8-10H,11H2,1-7H3. The molecule has 0 bridgehead atoms. The molecular formula is C14H26O3Si2. The van der Waals surface area contributed by atoms with Gasteiger partial charge in [0.25, 0.3) is 0 Å². The average Bonchev–Trinajstić information content (AvgIpc) is 2.23. The second-order valence-electron chi connectivity index (χ2n) is 6.60. The molecule has 0 fully saturated rings. The number of ether oxygens (including phenoxy) is 1. The maximum Gasteiger partial charge on any atom is 0.242 e. The van der Waals surface area contributed by atoms with Crippen LogP contribution in [0.4, 0.5) is 0 Å². The number of benzene rings is 1. The van der Waals surface area contributed by atoms with Gasteiger partial charge in [0.2, 0.25) is 8.32 Å². The molecule has 3 nitrogen and oxygen atoms in total. The lowest BCUT2D eigenvalue weighted by Crippen LogP contribution is -2.29. The summed E-state index contributed by atoms with van der Waals surface area (Å²) in [6, 6.07) is 6.03. The Labute approximate surface area is 119 Å². The van der Waals surface area contributed by atoms with E-state index in [1.807, 2.05) is 18.2 Å². The van der Waals surface area contributed by atoms with Crippen molar-refractivity contribution in [2.45, 2.75) is 45.9 Å². The molecule has 0 heterocycles. The van der Waals surface area contributed by atoms with Crippen LogP contribution in [0.3, 0.4) is 0 Å². The van der Waals surface area contributed by atoms with E-state index in [0.29, 0.717) is 6.61 Å². The van der Waals surface area contributed by atoms with Gasteiger partial charge < -0.3 is 13.6 Å². The zero-order valence-electron chi connectivity index (χ0n) is 13.2. The van der Waals surface area contributed by atoms with E-state index in [4.69, 9.17) is 13.6 Å².